The molecule has 5 nitrogen and oxygen atoms in total. The van der Waals surface area contributed by atoms with Crippen molar-refractivity contribution in [3.63, 3.8) is 0 Å². The van der Waals surface area contributed by atoms with Crippen LogP contribution in [0.25, 0.3) is 0 Å². The molecule has 96 valence electrons. The Labute approximate surface area is 100 Å². The lowest BCUT2D eigenvalue weighted by molar-refractivity contribution is -0.146. The van der Waals surface area contributed by atoms with E-state index >= 15 is 0 Å². The van der Waals surface area contributed by atoms with Gasteiger partial charge in [-0.3, -0.25) is 0 Å². The summed E-state index contributed by atoms with van der Waals surface area (Å²) < 4.78 is 5.07. The van der Waals surface area contributed by atoms with E-state index in [1.54, 1.807) is 6.92 Å². The summed E-state index contributed by atoms with van der Waals surface area (Å²) in [6.45, 7) is 1.57. The average Bonchev–Trinajstić information content (AvgIpc) is 2.21. The van der Waals surface area contributed by atoms with E-state index in [-0.39, 0.29) is 12.8 Å². The Balaban J connectivity index is 2.75. The molecule has 5 heteroatoms. The van der Waals surface area contributed by atoms with Crippen LogP contribution in [0.1, 0.15) is 19.8 Å². The zero-order valence-electron chi connectivity index (χ0n) is 9.69. The minimum absolute atomic E-state index is 0.0932. The standard InChI is InChI=1S/C12H18O5/c1-8(13)6-9-7-11(15)10(14)4-2-3-5-12(16)17-9/h2-5,8-11,13-15H,6-7H2,1H3. The van der Waals surface area contributed by atoms with Gasteiger partial charge < -0.3 is 20.1 Å². The lowest BCUT2D eigenvalue weighted by atomic mass is 10.0. The fourth-order valence-electron chi connectivity index (χ4n) is 1.63. The second-order valence-electron chi connectivity index (χ2n) is 4.18. The highest BCUT2D eigenvalue weighted by molar-refractivity contribution is 5.82. The third kappa shape index (κ3) is 5.12. The van der Waals surface area contributed by atoms with Crippen LogP contribution in [-0.2, 0) is 9.53 Å². The first-order chi connectivity index (χ1) is 7.99. The first-order valence-electron chi connectivity index (χ1n) is 5.58. The van der Waals surface area contributed by atoms with Crippen LogP contribution >= 0.6 is 0 Å². The summed E-state index contributed by atoms with van der Waals surface area (Å²) in [5, 5.41) is 28.5. The van der Waals surface area contributed by atoms with E-state index < -0.39 is 30.4 Å². The second kappa shape index (κ2) is 6.54. The molecule has 1 aliphatic rings. The van der Waals surface area contributed by atoms with Crippen molar-refractivity contribution < 1.29 is 24.9 Å². The molecule has 0 spiro atoms. The molecule has 0 aromatic rings. The number of aliphatic hydroxyl groups excluding tert-OH is 3. The van der Waals surface area contributed by atoms with E-state index in [0.29, 0.717) is 0 Å². The summed E-state index contributed by atoms with van der Waals surface area (Å²) in [5.41, 5.74) is 0. The highest BCUT2D eigenvalue weighted by Crippen LogP contribution is 2.14. The number of esters is 1. The molecule has 1 heterocycles. The molecule has 0 aromatic carbocycles. The Hall–Kier alpha value is -1.17. The van der Waals surface area contributed by atoms with Gasteiger partial charge in [0.2, 0.25) is 0 Å². The molecule has 0 fully saturated rings. The van der Waals surface area contributed by atoms with Gasteiger partial charge in [0.15, 0.2) is 0 Å². The minimum Gasteiger partial charge on any atom is -0.459 e. The molecule has 4 atom stereocenters. The molecule has 0 amide bonds. The van der Waals surface area contributed by atoms with Gasteiger partial charge in [0.1, 0.15) is 6.10 Å². The average molecular weight is 242 g/mol. The van der Waals surface area contributed by atoms with Crippen LogP contribution in [0.15, 0.2) is 24.3 Å². The molecule has 0 radical (unpaired) electrons. The van der Waals surface area contributed by atoms with Crippen LogP contribution in [0, 0.1) is 0 Å². The van der Waals surface area contributed by atoms with Crippen molar-refractivity contribution >= 4 is 5.97 Å². The number of cyclic esters (lactones) is 1. The Bertz CT molecular complexity index is 308. The van der Waals surface area contributed by atoms with Crippen LogP contribution in [0.4, 0.5) is 0 Å². The summed E-state index contributed by atoms with van der Waals surface area (Å²) in [4.78, 5) is 11.3. The summed E-state index contributed by atoms with van der Waals surface area (Å²) in [5.74, 6) is -0.524. The number of aliphatic hydroxyl groups is 3. The van der Waals surface area contributed by atoms with E-state index in [1.165, 1.54) is 24.3 Å². The van der Waals surface area contributed by atoms with Crippen LogP contribution in [0.3, 0.4) is 0 Å². The Morgan fingerprint density at radius 2 is 2.18 bits per heavy atom. The lowest BCUT2D eigenvalue weighted by Crippen LogP contribution is -2.32. The molecular formula is C12H18O5. The van der Waals surface area contributed by atoms with E-state index in [4.69, 9.17) is 4.74 Å². The quantitative estimate of drug-likeness (QED) is 0.589. The maximum atomic E-state index is 11.3. The number of rotatable bonds is 2. The van der Waals surface area contributed by atoms with Crippen molar-refractivity contribution in [2.24, 2.45) is 0 Å². The predicted molar refractivity (Wildman–Crippen MR) is 61.1 cm³/mol. The zero-order valence-corrected chi connectivity index (χ0v) is 9.69. The number of ether oxygens (including phenoxy) is 1. The van der Waals surface area contributed by atoms with E-state index in [0.717, 1.165) is 0 Å². The highest BCUT2D eigenvalue weighted by Gasteiger charge is 2.23. The fraction of sp³-hybridized carbons (Fsp3) is 0.583. The largest absolute Gasteiger partial charge is 0.459 e. The number of hydrogen-bond donors (Lipinski definition) is 3. The monoisotopic (exact) mass is 242 g/mol. The zero-order chi connectivity index (χ0) is 12.8. The molecule has 3 N–H and O–H groups in total. The topological polar surface area (TPSA) is 87.0 Å². The highest BCUT2D eigenvalue weighted by atomic mass is 16.5. The van der Waals surface area contributed by atoms with Crippen molar-refractivity contribution in [1.29, 1.82) is 0 Å². The van der Waals surface area contributed by atoms with Gasteiger partial charge in [-0.1, -0.05) is 18.2 Å². The van der Waals surface area contributed by atoms with Gasteiger partial charge >= 0.3 is 5.97 Å². The van der Waals surface area contributed by atoms with Crippen molar-refractivity contribution in [3.8, 4) is 0 Å². The van der Waals surface area contributed by atoms with Crippen LogP contribution < -0.4 is 0 Å². The van der Waals surface area contributed by atoms with Gasteiger partial charge in [-0.25, -0.2) is 4.79 Å². The van der Waals surface area contributed by atoms with Crippen LogP contribution in [0.2, 0.25) is 0 Å². The van der Waals surface area contributed by atoms with E-state index in [9.17, 15) is 20.1 Å². The molecule has 1 rings (SSSR count). The second-order valence-corrected chi connectivity index (χ2v) is 4.18. The molecular weight excluding hydrogens is 224 g/mol. The SMILES string of the molecule is CC(O)CC1CC(O)C(O)C=CC=CC(=O)O1. The van der Waals surface area contributed by atoms with Gasteiger partial charge in [0, 0.05) is 18.9 Å². The molecule has 1 aliphatic heterocycles. The van der Waals surface area contributed by atoms with Crippen molar-refractivity contribution in [3.05, 3.63) is 24.3 Å². The van der Waals surface area contributed by atoms with Crippen molar-refractivity contribution in [1.82, 2.24) is 0 Å². The summed E-state index contributed by atoms with van der Waals surface area (Å²) in [6, 6.07) is 0. The molecule has 4 unspecified atom stereocenters. The first-order valence-corrected chi connectivity index (χ1v) is 5.58. The van der Waals surface area contributed by atoms with E-state index in [2.05, 4.69) is 0 Å². The Morgan fingerprint density at radius 3 is 2.82 bits per heavy atom. The lowest BCUT2D eigenvalue weighted by Gasteiger charge is -2.23. The number of allylic oxidation sites excluding steroid dienone is 2. The van der Waals surface area contributed by atoms with Gasteiger partial charge in [0.25, 0.3) is 0 Å². The van der Waals surface area contributed by atoms with Crippen LogP contribution in [0.5, 0.6) is 0 Å². The van der Waals surface area contributed by atoms with Crippen molar-refractivity contribution in [2.75, 3.05) is 0 Å². The van der Waals surface area contributed by atoms with Gasteiger partial charge in [-0.15, -0.1) is 0 Å². The first kappa shape index (κ1) is 13.9. The maximum absolute atomic E-state index is 11.3. The fourth-order valence-corrected chi connectivity index (χ4v) is 1.63. The Morgan fingerprint density at radius 1 is 1.47 bits per heavy atom. The molecule has 0 saturated carbocycles. The number of carbonyl (C=O) groups is 1. The Kier molecular flexibility index (Phi) is 5.34. The molecule has 0 bridgehead atoms. The number of carbonyl (C=O) groups excluding carboxylic acids is 1. The van der Waals surface area contributed by atoms with Gasteiger partial charge in [0.05, 0.1) is 18.3 Å². The number of hydrogen-bond acceptors (Lipinski definition) is 5. The third-order valence-corrected chi connectivity index (χ3v) is 2.44. The summed E-state index contributed by atoms with van der Waals surface area (Å²) in [6.07, 6.45) is 2.59. The smallest absolute Gasteiger partial charge is 0.331 e. The predicted octanol–water partition coefficient (Wildman–Crippen LogP) is -0.0930. The normalized spacial score (nSPS) is 32.0. The maximum Gasteiger partial charge on any atom is 0.331 e. The molecule has 0 saturated heterocycles. The third-order valence-electron chi connectivity index (χ3n) is 2.44. The summed E-state index contributed by atoms with van der Waals surface area (Å²) in [7, 11) is 0. The van der Waals surface area contributed by atoms with Crippen LogP contribution in [-0.4, -0.2) is 45.7 Å². The molecule has 17 heavy (non-hydrogen) atoms. The molecule has 0 aliphatic carbocycles. The summed E-state index contributed by atoms with van der Waals surface area (Å²) >= 11 is 0. The van der Waals surface area contributed by atoms with Crippen molar-refractivity contribution in [2.45, 2.75) is 44.2 Å². The minimum atomic E-state index is -1.02. The molecule has 0 aromatic heterocycles. The van der Waals surface area contributed by atoms with Gasteiger partial charge in [-0.05, 0) is 6.92 Å². The van der Waals surface area contributed by atoms with Gasteiger partial charge in [-0.2, -0.15) is 0 Å². The van der Waals surface area contributed by atoms with E-state index in [1.807, 2.05) is 0 Å².